The fourth-order valence-electron chi connectivity index (χ4n) is 2.66. The highest BCUT2D eigenvalue weighted by Gasteiger charge is 2.20. The topological polar surface area (TPSA) is 43.3 Å². The third kappa shape index (κ3) is 3.01. The molecule has 0 unspecified atom stereocenters. The van der Waals surface area contributed by atoms with Gasteiger partial charge in [0.25, 0.3) is 5.91 Å². The first-order chi connectivity index (χ1) is 11.5. The summed E-state index contributed by atoms with van der Waals surface area (Å²) in [6, 6.07) is 13.0. The van der Waals surface area contributed by atoms with Crippen LogP contribution in [0.3, 0.4) is 0 Å². The van der Waals surface area contributed by atoms with Gasteiger partial charge in [-0.3, -0.25) is 4.79 Å². The van der Waals surface area contributed by atoms with E-state index in [0.717, 1.165) is 15.4 Å². The monoisotopic (exact) mass is 406 g/mol. The van der Waals surface area contributed by atoms with E-state index >= 15 is 0 Å². The second-order valence-corrected chi connectivity index (χ2v) is 6.50. The van der Waals surface area contributed by atoms with Gasteiger partial charge in [0, 0.05) is 23.0 Å². The van der Waals surface area contributed by atoms with E-state index in [9.17, 15) is 4.79 Å². The van der Waals surface area contributed by atoms with E-state index in [1.807, 2.05) is 42.8 Å². The lowest BCUT2D eigenvalue weighted by Crippen LogP contribution is -2.17. The zero-order valence-corrected chi connectivity index (χ0v) is 15.6. The normalized spacial score (nSPS) is 10.8. The van der Waals surface area contributed by atoms with Gasteiger partial charge in [-0.25, -0.2) is 0 Å². The summed E-state index contributed by atoms with van der Waals surface area (Å²) < 4.78 is 8.18. The molecule has 0 saturated heterocycles. The molecule has 124 valence electrons. The molecule has 24 heavy (non-hydrogen) atoms. The highest BCUT2D eigenvalue weighted by molar-refractivity contribution is 9.10. The van der Waals surface area contributed by atoms with Crippen molar-refractivity contribution in [1.82, 2.24) is 4.57 Å². The second kappa shape index (κ2) is 6.87. The van der Waals surface area contributed by atoms with E-state index in [4.69, 9.17) is 16.3 Å². The van der Waals surface area contributed by atoms with Crippen LogP contribution in [0.25, 0.3) is 10.9 Å². The van der Waals surface area contributed by atoms with Gasteiger partial charge in [0.1, 0.15) is 11.4 Å². The molecule has 6 heteroatoms. The minimum atomic E-state index is -0.233. The molecule has 0 radical (unpaired) electrons. The standard InChI is InChI=1S/C18H16BrClN2O2/c1-3-24-15-9-8-11(20)10-13(15)21-18(23)17-16(19)12-6-4-5-7-14(12)22(17)2/h4-10H,3H2,1-2H3,(H,21,23). The Hall–Kier alpha value is -1.98. The molecule has 0 bridgehead atoms. The van der Waals surface area contributed by atoms with Gasteiger partial charge in [-0.05, 0) is 47.1 Å². The number of hydrogen-bond acceptors (Lipinski definition) is 2. The number of fused-ring (bicyclic) bond motifs is 1. The van der Waals surface area contributed by atoms with E-state index in [0.29, 0.717) is 28.8 Å². The van der Waals surface area contributed by atoms with Crippen LogP contribution in [0.15, 0.2) is 46.9 Å². The summed E-state index contributed by atoms with van der Waals surface area (Å²) in [7, 11) is 1.86. The van der Waals surface area contributed by atoms with Crippen LogP contribution in [0.5, 0.6) is 5.75 Å². The third-order valence-corrected chi connectivity index (χ3v) is 4.79. The van der Waals surface area contributed by atoms with Crippen molar-refractivity contribution in [2.24, 2.45) is 7.05 Å². The molecule has 1 amide bonds. The zero-order chi connectivity index (χ0) is 17.3. The lowest BCUT2D eigenvalue weighted by molar-refractivity contribution is 0.101. The third-order valence-electron chi connectivity index (χ3n) is 3.75. The number of anilines is 1. The SMILES string of the molecule is CCOc1ccc(Cl)cc1NC(=O)c1c(Br)c2ccccc2n1C. The predicted molar refractivity (Wildman–Crippen MR) is 101 cm³/mol. The van der Waals surface area contributed by atoms with Crippen molar-refractivity contribution >= 4 is 50.0 Å². The Kier molecular flexibility index (Phi) is 4.83. The molecule has 2 aromatic carbocycles. The van der Waals surface area contributed by atoms with E-state index in [1.165, 1.54) is 0 Å². The number of nitrogens with one attached hydrogen (secondary N) is 1. The van der Waals surface area contributed by atoms with Gasteiger partial charge in [0.05, 0.1) is 16.8 Å². The van der Waals surface area contributed by atoms with Crippen LogP contribution in [-0.4, -0.2) is 17.1 Å². The summed E-state index contributed by atoms with van der Waals surface area (Å²) in [5, 5.41) is 4.42. The lowest BCUT2D eigenvalue weighted by atomic mass is 10.2. The molecular formula is C18H16BrClN2O2. The number of ether oxygens (including phenoxy) is 1. The molecule has 0 aliphatic rings. The quantitative estimate of drug-likeness (QED) is 0.642. The molecule has 4 nitrogen and oxygen atoms in total. The Labute approximate surface area is 153 Å². The predicted octanol–water partition coefficient (Wildman–Crippen LogP) is 5.25. The molecule has 1 aromatic heterocycles. The van der Waals surface area contributed by atoms with Crippen LogP contribution in [0, 0.1) is 0 Å². The fourth-order valence-corrected chi connectivity index (χ4v) is 3.62. The van der Waals surface area contributed by atoms with Gasteiger partial charge < -0.3 is 14.6 Å². The Morgan fingerprint density at radius 2 is 2.04 bits per heavy atom. The molecule has 0 aliphatic heterocycles. The van der Waals surface area contributed by atoms with Crippen LogP contribution in [-0.2, 0) is 7.05 Å². The van der Waals surface area contributed by atoms with Crippen molar-refractivity contribution in [2.45, 2.75) is 6.92 Å². The van der Waals surface area contributed by atoms with Crippen LogP contribution in [0.4, 0.5) is 5.69 Å². The van der Waals surface area contributed by atoms with E-state index in [1.54, 1.807) is 18.2 Å². The summed E-state index contributed by atoms with van der Waals surface area (Å²) in [5.74, 6) is 0.355. The number of carbonyl (C=O) groups is 1. The average molecular weight is 408 g/mol. The smallest absolute Gasteiger partial charge is 0.273 e. The van der Waals surface area contributed by atoms with Crippen molar-refractivity contribution in [3.05, 3.63) is 57.7 Å². The Bertz CT molecular complexity index is 882. The van der Waals surface area contributed by atoms with Crippen molar-refractivity contribution in [3.63, 3.8) is 0 Å². The van der Waals surface area contributed by atoms with Gasteiger partial charge in [-0.1, -0.05) is 29.8 Å². The molecule has 0 aliphatic carbocycles. The molecule has 3 rings (SSSR count). The number of amides is 1. The maximum Gasteiger partial charge on any atom is 0.273 e. The first-order valence-corrected chi connectivity index (χ1v) is 8.66. The molecule has 3 aromatic rings. The Morgan fingerprint density at radius 3 is 2.75 bits per heavy atom. The fraction of sp³-hybridized carbons (Fsp3) is 0.167. The van der Waals surface area contributed by atoms with Crippen molar-refractivity contribution in [2.75, 3.05) is 11.9 Å². The van der Waals surface area contributed by atoms with Crippen LogP contribution >= 0.6 is 27.5 Å². The number of rotatable bonds is 4. The molecule has 0 saturated carbocycles. The maximum atomic E-state index is 12.8. The van der Waals surface area contributed by atoms with Gasteiger partial charge in [-0.15, -0.1) is 0 Å². The molecular weight excluding hydrogens is 392 g/mol. The van der Waals surface area contributed by atoms with Gasteiger partial charge in [0.15, 0.2) is 0 Å². The molecule has 1 N–H and O–H groups in total. The molecule has 0 spiro atoms. The van der Waals surface area contributed by atoms with E-state index in [-0.39, 0.29) is 5.91 Å². The van der Waals surface area contributed by atoms with E-state index in [2.05, 4.69) is 21.2 Å². The highest BCUT2D eigenvalue weighted by atomic mass is 79.9. The average Bonchev–Trinajstić information content (AvgIpc) is 2.82. The minimum absolute atomic E-state index is 0.233. The summed E-state index contributed by atoms with van der Waals surface area (Å²) >= 11 is 9.59. The second-order valence-electron chi connectivity index (χ2n) is 5.27. The largest absolute Gasteiger partial charge is 0.492 e. The Balaban J connectivity index is 2.01. The summed E-state index contributed by atoms with van der Waals surface area (Å²) in [4.78, 5) is 12.8. The number of halogens is 2. The number of aryl methyl sites for hydroxylation is 1. The first-order valence-electron chi connectivity index (χ1n) is 7.49. The number of benzene rings is 2. The molecule has 0 atom stereocenters. The van der Waals surface area contributed by atoms with Crippen molar-refractivity contribution < 1.29 is 9.53 Å². The van der Waals surface area contributed by atoms with Gasteiger partial charge in [-0.2, -0.15) is 0 Å². The summed E-state index contributed by atoms with van der Waals surface area (Å²) in [5.41, 5.74) is 2.07. The van der Waals surface area contributed by atoms with Crippen LogP contribution < -0.4 is 10.1 Å². The number of aromatic nitrogens is 1. The highest BCUT2D eigenvalue weighted by Crippen LogP contribution is 2.33. The maximum absolute atomic E-state index is 12.8. The van der Waals surface area contributed by atoms with Crippen LogP contribution in [0.2, 0.25) is 5.02 Å². The lowest BCUT2D eigenvalue weighted by Gasteiger charge is -2.12. The number of hydrogen-bond donors (Lipinski definition) is 1. The van der Waals surface area contributed by atoms with Gasteiger partial charge in [0.2, 0.25) is 0 Å². The van der Waals surface area contributed by atoms with Gasteiger partial charge >= 0.3 is 0 Å². The minimum Gasteiger partial charge on any atom is -0.492 e. The first kappa shape index (κ1) is 16.9. The van der Waals surface area contributed by atoms with E-state index < -0.39 is 0 Å². The molecule has 1 heterocycles. The van der Waals surface area contributed by atoms with Crippen molar-refractivity contribution in [1.29, 1.82) is 0 Å². The molecule has 0 fully saturated rings. The van der Waals surface area contributed by atoms with Crippen LogP contribution in [0.1, 0.15) is 17.4 Å². The summed E-state index contributed by atoms with van der Waals surface area (Å²) in [6.45, 7) is 2.39. The number of carbonyl (C=O) groups excluding carboxylic acids is 1. The van der Waals surface area contributed by atoms with Crippen molar-refractivity contribution in [3.8, 4) is 5.75 Å². The Morgan fingerprint density at radius 1 is 1.29 bits per heavy atom. The summed E-state index contributed by atoms with van der Waals surface area (Å²) in [6.07, 6.45) is 0. The number of para-hydroxylation sites is 1. The number of nitrogens with zero attached hydrogens (tertiary/aromatic N) is 1. The zero-order valence-electron chi connectivity index (χ0n) is 13.3.